The number of amides is 1. The Morgan fingerprint density at radius 1 is 1.27 bits per heavy atom. The largest absolute Gasteiger partial charge is 0.358 e. The molecule has 2 heterocycles. The molecule has 1 N–H and O–H groups in total. The summed E-state index contributed by atoms with van der Waals surface area (Å²) in [4.78, 5) is 21.1. The van der Waals surface area contributed by atoms with E-state index in [1.165, 1.54) is 17.3 Å². The Labute approximate surface area is 137 Å². The molecule has 112 valence electrons. The van der Waals surface area contributed by atoms with Crippen LogP contribution in [0.15, 0.2) is 41.0 Å². The third-order valence-electron chi connectivity index (χ3n) is 3.32. The van der Waals surface area contributed by atoms with Gasteiger partial charge in [-0.3, -0.25) is 4.79 Å². The first-order chi connectivity index (χ1) is 10.7. The summed E-state index contributed by atoms with van der Waals surface area (Å²) in [6, 6.07) is 8.41. The molecule has 4 nitrogen and oxygen atoms in total. The van der Waals surface area contributed by atoms with Crippen molar-refractivity contribution in [2.24, 2.45) is 0 Å². The van der Waals surface area contributed by atoms with E-state index >= 15 is 0 Å². The zero-order valence-electron chi connectivity index (χ0n) is 12.3. The number of thioether (sulfide) groups is 1. The molecule has 0 unspecified atom stereocenters. The topological polar surface area (TPSA) is 54.9 Å². The van der Waals surface area contributed by atoms with Crippen molar-refractivity contribution in [2.75, 3.05) is 12.8 Å². The fraction of sp³-hybridized carbons (Fsp3) is 0.188. The minimum Gasteiger partial charge on any atom is -0.358 e. The summed E-state index contributed by atoms with van der Waals surface area (Å²) in [7, 11) is 1.64. The van der Waals surface area contributed by atoms with Crippen LogP contribution < -0.4 is 5.32 Å². The minimum absolute atomic E-state index is 0.0103. The first-order valence-electron chi connectivity index (χ1n) is 6.81. The fourth-order valence-electron chi connectivity index (χ4n) is 2.11. The lowest BCUT2D eigenvalue weighted by molar-refractivity contribution is -0.118. The Morgan fingerprint density at radius 2 is 2.05 bits per heavy atom. The highest BCUT2D eigenvalue weighted by Gasteiger charge is 2.14. The van der Waals surface area contributed by atoms with Gasteiger partial charge < -0.3 is 5.32 Å². The first-order valence-corrected chi connectivity index (χ1v) is 8.68. The Bertz CT molecular complexity index is 812. The number of fused-ring (bicyclic) bond motifs is 1. The van der Waals surface area contributed by atoms with Crippen molar-refractivity contribution < 1.29 is 4.79 Å². The monoisotopic (exact) mass is 329 g/mol. The SMILES string of the molecule is CNC(=O)CSc1ncnc2scc(-c3ccc(C)cc3)c12. The van der Waals surface area contributed by atoms with Gasteiger partial charge in [-0.05, 0) is 12.5 Å². The lowest BCUT2D eigenvalue weighted by Crippen LogP contribution is -2.19. The van der Waals surface area contributed by atoms with E-state index in [4.69, 9.17) is 0 Å². The summed E-state index contributed by atoms with van der Waals surface area (Å²) in [6.45, 7) is 2.07. The number of nitrogens with one attached hydrogen (secondary N) is 1. The number of nitrogens with zero attached hydrogens (tertiary/aromatic N) is 2. The highest BCUT2D eigenvalue weighted by atomic mass is 32.2. The van der Waals surface area contributed by atoms with E-state index in [0.717, 1.165) is 26.4 Å². The van der Waals surface area contributed by atoms with Gasteiger partial charge in [0.15, 0.2) is 0 Å². The Hall–Kier alpha value is -1.92. The molecule has 6 heteroatoms. The molecule has 0 bridgehead atoms. The third-order valence-corrected chi connectivity index (χ3v) is 5.19. The van der Waals surface area contributed by atoms with Gasteiger partial charge in [-0.1, -0.05) is 41.6 Å². The van der Waals surface area contributed by atoms with Crippen LogP contribution in [0, 0.1) is 6.92 Å². The maximum atomic E-state index is 11.5. The number of carbonyl (C=O) groups is 1. The van der Waals surface area contributed by atoms with Crippen LogP contribution in [0.4, 0.5) is 0 Å². The van der Waals surface area contributed by atoms with Gasteiger partial charge in [0.2, 0.25) is 5.91 Å². The molecule has 3 rings (SSSR count). The Balaban J connectivity index is 2.04. The molecule has 3 aromatic rings. The maximum absolute atomic E-state index is 11.5. The second kappa shape index (κ2) is 6.46. The molecule has 0 spiro atoms. The molecule has 0 saturated carbocycles. The third kappa shape index (κ3) is 2.98. The summed E-state index contributed by atoms with van der Waals surface area (Å²) in [5.74, 6) is 0.343. The van der Waals surface area contributed by atoms with E-state index in [2.05, 4.69) is 51.9 Å². The number of hydrogen-bond acceptors (Lipinski definition) is 5. The fourth-order valence-corrected chi connectivity index (χ4v) is 3.97. The molecule has 1 amide bonds. The van der Waals surface area contributed by atoms with Crippen LogP contribution in [-0.4, -0.2) is 28.7 Å². The molecule has 1 aromatic carbocycles. The van der Waals surface area contributed by atoms with Crippen LogP contribution in [0.25, 0.3) is 21.3 Å². The minimum atomic E-state index is -0.0103. The highest BCUT2D eigenvalue weighted by molar-refractivity contribution is 8.00. The van der Waals surface area contributed by atoms with Crippen molar-refractivity contribution in [2.45, 2.75) is 11.9 Å². The van der Waals surface area contributed by atoms with E-state index in [-0.39, 0.29) is 5.91 Å². The van der Waals surface area contributed by atoms with Crippen molar-refractivity contribution >= 4 is 39.2 Å². The predicted molar refractivity (Wildman–Crippen MR) is 92.4 cm³/mol. The van der Waals surface area contributed by atoms with E-state index in [9.17, 15) is 4.79 Å². The van der Waals surface area contributed by atoms with Gasteiger partial charge in [0.05, 0.1) is 11.1 Å². The first kappa shape index (κ1) is 15.0. The zero-order chi connectivity index (χ0) is 15.5. The average Bonchev–Trinajstić information content (AvgIpc) is 2.98. The molecule has 0 saturated heterocycles. The van der Waals surface area contributed by atoms with Crippen molar-refractivity contribution in [3.05, 3.63) is 41.5 Å². The number of thiophene rings is 1. The van der Waals surface area contributed by atoms with Crippen molar-refractivity contribution in [3.63, 3.8) is 0 Å². The molecule has 0 radical (unpaired) electrons. The molecule has 0 aliphatic rings. The van der Waals surface area contributed by atoms with Crippen molar-refractivity contribution in [3.8, 4) is 11.1 Å². The van der Waals surface area contributed by atoms with Gasteiger partial charge in [-0.2, -0.15) is 0 Å². The number of aromatic nitrogens is 2. The molecule has 22 heavy (non-hydrogen) atoms. The maximum Gasteiger partial charge on any atom is 0.230 e. The number of hydrogen-bond donors (Lipinski definition) is 1. The summed E-state index contributed by atoms with van der Waals surface area (Å²) in [6.07, 6.45) is 1.56. The van der Waals surface area contributed by atoms with E-state index in [1.54, 1.807) is 24.7 Å². The summed E-state index contributed by atoms with van der Waals surface area (Å²) >= 11 is 3.04. The zero-order valence-corrected chi connectivity index (χ0v) is 13.9. The van der Waals surface area contributed by atoms with Crippen LogP contribution in [0.2, 0.25) is 0 Å². The number of aryl methyl sites for hydroxylation is 1. The van der Waals surface area contributed by atoms with Crippen LogP contribution >= 0.6 is 23.1 Å². The number of carbonyl (C=O) groups excluding carboxylic acids is 1. The Morgan fingerprint density at radius 3 is 2.77 bits per heavy atom. The summed E-state index contributed by atoms with van der Waals surface area (Å²) in [5.41, 5.74) is 3.50. The second-order valence-electron chi connectivity index (χ2n) is 4.84. The van der Waals surface area contributed by atoms with Crippen molar-refractivity contribution in [1.29, 1.82) is 0 Å². The Kier molecular flexibility index (Phi) is 4.40. The lowest BCUT2D eigenvalue weighted by Gasteiger charge is -2.05. The molecular formula is C16H15N3OS2. The summed E-state index contributed by atoms with van der Waals surface area (Å²) < 4.78 is 0. The normalized spacial score (nSPS) is 10.8. The molecule has 2 aromatic heterocycles. The van der Waals surface area contributed by atoms with Gasteiger partial charge >= 0.3 is 0 Å². The van der Waals surface area contributed by atoms with Crippen LogP contribution in [-0.2, 0) is 4.79 Å². The average molecular weight is 329 g/mol. The van der Waals surface area contributed by atoms with E-state index in [0.29, 0.717) is 5.75 Å². The van der Waals surface area contributed by atoms with Crippen LogP contribution in [0.1, 0.15) is 5.56 Å². The predicted octanol–water partition coefficient (Wildman–Crippen LogP) is 3.50. The van der Waals surface area contributed by atoms with Crippen molar-refractivity contribution in [1.82, 2.24) is 15.3 Å². The number of benzene rings is 1. The second-order valence-corrected chi connectivity index (χ2v) is 6.66. The molecule has 0 aliphatic carbocycles. The van der Waals surface area contributed by atoms with E-state index in [1.807, 2.05) is 0 Å². The number of rotatable bonds is 4. The molecule has 0 atom stereocenters. The van der Waals surface area contributed by atoms with Crippen LogP contribution in [0.5, 0.6) is 0 Å². The summed E-state index contributed by atoms with van der Waals surface area (Å²) in [5, 5.41) is 6.62. The smallest absolute Gasteiger partial charge is 0.230 e. The molecule has 0 aliphatic heterocycles. The van der Waals surface area contributed by atoms with E-state index < -0.39 is 0 Å². The van der Waals surface area contributed by atoms with Gasteiger partial charge in [0.25, 0.3) is 0 Å². The molecular weight excluding hydrogens is 314 g/mol. The van der Waals surface area contributed by atoms with Gasteiger partial charge in [-0.15, -0.1) is 11.3 Å². The van der Waals surface area contributed by atoms with Gasteiger partial charge in [0.1, 0.15) is 16.2 Å². The molecule has 0 fully saturated rings. The lowest BCUT2D eigenvalue weighted by atomic mass is 10.1. The van der Waals surface area contributed by atoms with Crippen LogP contribution in [0.3, 0.4) is 0 Å². The van der Waals surface area contributed by atoms with Gasteiger partial charge in [0, 0.05) is 18.0 Å². The van der Waals surface area contributed by atoms with Gasteiger partial charge in [-0.25, -0.2) is 9.97 Å². The standard InChI is InChI=1S/C16H15N3OS2/c1-10-3-5-11(6-4-10)12-7-21-15-14(12)16(19-9-18-15)22-8-13(20)17-2/h3-7,9H,8H2,1-2H3,(H,17,20). The highest BCUT2D eigenvalue weighted by Crippen LogP contribution is 2.37. The quantitative estimate of drug-likeness (QED) is 0.588.